The molecule has 0 aliphatic heterocycles. The molecule has 0 aliphatic rings. The summed E-state index contributed by atoms with van der Waals surface area (Å²) < 4.78 is 19.5. The molecule has 2 rings (SSSR count). The highest BCUT2D eigenvalue weighted by Crippen LogP contribution is 2.33. The highest BCUT2D eigenvalue weighted by Gasteiger charge is 2.16. The van der Waals surface area contributed by atoms with Crippen LogP contribution in [0.1, 0.15) is 5.56 Å². The Hall–Kier alpha value is -3.10. The van der Waals surface area contributed by atoms with Gasteiger partial charge in [0.15, 0.2) is 5.88 Å². The molecule has 0 amide bonds. The molecule has 27 heavy (non-hydrogen) atoms. The van der Waals surface area contributed by atoms with Crippen molar-refractivity contribution in [3.8, 4) is 17.0 Å². The van der Waals surface area contributed by atoms with E-state index >= 15 is 0 Å². The van der Waals surface area contributed by atoms with E-state index in [0.717, 1.165) is 12.3 Å². The van der Waals surface area contributed by atoms with Crippen LogP contribution in [0.4, 0.5) is 10.2 Å². The summed E-state index contributed by atoms with van der Waals surface area (Å²) in [6.45, 7) is 0. The van der Waals surface area contributed by atoms with Crippen LogP contribution in [0.5, 0.6) is 5.75 Å². The molecular weight excluding hydrogens is 346 g/mol. The highest BCUT2D eigenvalue weighted by molar-refractivity contribution is 6.58. The number of aromatic nitrogens is 2. The number of hydrogen-bond acceptors (Lipinski definition) is 7. The lowest BCUT2D eigenvalue weighted by Gasteiger charge is -2.23. The Kier molecular flexibility index (Phi) is 6.04. The third-order valence-electron chi connectivity index (χ3n) is 3.36. The van der Waals surface area contributed by atoms with Gasteiger partial charge in [-0.3, -0.25) is 0 Å². The second kappa shape index (κ2) is 8.07. The van der Waals surface area contributed by atoms with Crippen LogP contribution in [-0.2, 0) is 4.74 Å². The molecular formula is C16H15B3FN5O2. The van der Waals surface area contributed by atoms with Crippen molar-refractivity contribution in [3.63, 3.8) is 0 Å². The number of phenolic OH excluding ortho intramolecular Hbond substituents is 1. The molecule has 11 heteroatoms. The monoisotopic (exact) mass is 361 g/mol. The van der Waals surface area contributed by atoms with Gasteiger partial charge in [0.1, 0.15) is 40.9 Å². The number of halogens is 1. The first-order chi connectivity index (χ1) is 12.6. The number of nitrogens with two attached hydrogens (primary N) is 2. The van der Waals surface area contributed by atoms with Crippen LogP contribution in [0, 0.1) is 5.82 Å². The largest absolute Gasteiger partial charge is 0.507 e. The van der Waals surface area contributed by atoms with Gasteiger partial charge in [-0.05, 0) is 29.6 Å². The first-order valence-corrected chi connectivity index (χ1v) is 7.64. The van der Waals surface area contributed by atoms with Crippen LogP contribution in [0.3, 0.4) is 0 Å². The van der Waals surface area contributed by atoms with Crippen molar-refractivity contribution < 1.29 is 14.2 Å². The summed E-state index contributed by atoms with van der Waals surface area (Å²) in [5.41, 5.74) is 11.6. The number of hydrogen-bond donors (Lipinski definition) is 4. The topological polar surface area (TPSA) is 119 Å². The number of nitrogens with one attached hydrogen (secondary N) is 1. The number of ether oxygens (including phenoxy) is 1. The number of anilines is 1. The Bertz CT molecular complexity index is 883. The lowest BCUT2D eigenvalue weighted by atomic mass is 9.52. The van der Waals surface area contributed by atoms with Crippen LogP contribution < -0.4 is 16.8 Å². The summed E-state index contributed by atoms with van der Waals surface area (Å²) in [5, 5.41) is 18.9. The summed E-state index contributed by atoms with van der Waals surface area (Å²) in [6, 6.07) is 5.49. The molecule has 1 aromatic carbocycles. The molecule has 0 saturated carbocycles. The maximum Gasteiger partial charge on any atom is 0.182 e. The van der Waals surface area contributed by atoms with Crippen molar-refractivity contribution in [1.29, 1.82) is 0 Å². The Morgan fingerprint density at radius 2 is 2.00 bits per heavy atom. The van der Waals surface area contributed by atoms with Gasteiger partial charge in [-0.2, -0.15) is 0 Å². The molecule has 0 aliphatic carbocycles. The first kappa shape index (κ1) is 20.2. The van der Waals surface area contributed by atoms with Gasteiger partial charge >= 0.3 is 0 Å². The van der Waals surface area contributed by atoms with E-state index in [2.05, 4.69) is 15.5 Å². The van der Waals surface area contributed by atoms with E-state index in [1.807, 2.05) is 0 Å². The first-order valence-electron chi connectivity index (χ1n) is 7.64. The molecule has 0 saturated heterocycles. The van der Waals surface area contributed by atoms with E-state index in [4.69, 9.17) is 39.7 Å². The van der Waals surface area contributed by atoms with Crippen LogP contribution in [-0.4, -0.2) is 51.2 Å². The van der Waals surface area contributed by atoms with E-state index in [-0.39, 0.29) is 34.0 Å². The average Bonchev–Trinajstić information content (AvgIpc) is 2.60. The minimum absolute atomic E-state index is 0.0400. The Morgan fingerprint density at radius 3 is 2.52 bits per heavy atom. The maximum atomic E-state index is 14.6. The molecule has 0 atom stereocenters. The molecule has 0 spiro atoms. The van der Waals surface area contributed by atoms with Gasteiger partial charge in [-0.1, -0.05) is 0 Å². The molecule has 6 radical (unpaired) electrons. The molecule has 1 heterocycles. The summed E-state index contributed by atoms with van der Waals surface area (Å²) >= 11 is 0. The van der Waals surface area contributed by atoms with Gasteiger partial charge in [0.05, 0.1) is 5.69 Å². The third kappa shape index (κ3) is 5.19. The van der Waals surface area contributed by atoms with E-state index < -0.39 is 11.1 Å². The van der Waals surface area contributed by atoms with E-state index in [0.29, 0.717) is 5.82 Å². The van der Waals surface area contributed by atoms with Crippen LogP contribution in [0.2, 0.25) is 0 Å². The predicted octanol–water partition coefficient (Wildman–Crippen LogP) is 0.263. The van der Waals surface area contributed by atoms with Gasteiger partial charge in [0.25, 0.3) is 0 Å². The maximum absolute atomic E-state index is 14.6. The zero-order valence-electron chi connectivity index (χ0n) is 14.5. The van der Waals surface area contributed by atoms with E-state index in [1.165, 1.54) is 12.1 Å². The van der Waals surface area contributed by atoms with Gasteiger partial charge < -0.3 is 26.6 Å². The number of nitrogens with zero attached hydrogens (tertiary/aromatic N) is 2. The molecule has 1 aromatic heterocycles. The van der Waals surface area contributed by atoms with E-state index in [1.54, 1.807) is 19.2 Å². The van der Waals surface area contributed by atoms with Crippen molar-refractivity contribution in [3.05, 3.63) is 53.8 Å². The van der Waals surface area contributed by atoms with E-state index in [9.17, 15) is 9.50 Å². The normalized spacial score (nSPS) is 12.7. The Balaban J connectivity index is 2.41. The smallest absolute Gasteiger partial charge is 0.182 e. The van der Waals surface area contributed by atoms with Crippen molar-refractivity contribution in [2.75, 3.05) is 12.4 Å². The van der Waals surface area contributed by atoms with Crippen molar-refractivity contribution in [1.82, 2.24) is 10.2 Å². The van der Waals surface area contributed by atoms with Gasteiger partial charge in [-0.25, -0.2) is 4.39 Å². The standard InChI is InChI=1S/C16H15B3FN5O2/c1-23-15-3-2-12(24-25-15)10-5-11(20)9(6-13(10)26)8(7-21)4-14(22)27-16(17,18)19/h2-7,26H,21-22H2,1H3,(H,23,25)/b8-7+,14-4+. The number of allylic oxidation sites excluding steroid dienone is 2. The Morgan fingerprint density at radius 1 is 1.30 bits per heavy atom. The average molecular weight is 361 g/mol. The molecule has 0 bridgehead atoms. The molecule has 7 nitrogen and oxygen atoms in total. The number of rotatable bonds is 6. The van der Waals surface area contributed by atoms with Crippen molar-refractivity contribution in [2.45, 2.75) is 5.30 Å². The summed E-state index contributed by atoms with van der Waals surface area (Å²) in [7, 11) is 17.5. The fourth-order valence-electron chi connectivity index (χ4n) is 2.20. The lowest BCUT2D eigenvalue weighted by molar-refractivity contribution is 0.206. The summed E-state index contributed by atoms with van der Waals surface area (Å²) in [6.07, 6.45) is 2.24. The molecule has 6 N–H and O–H groups in total. The SMILES string of the molecule is [B]C([B])([B])O/C(N)=C/C(=C\N)c1cc(O)c(-c2ccc(NC)nn2)cc1F. The highest BCUT2D eigenvalue weighted by atomic mass is 19.1. The van der Waals surface area contributed by atoms with Crippen LogP contribution in [0.15, 0.2) is 42.4 Å². The third-order valence-corrected chi connectivity index (χ3v) is 3.36. The summed E-state index contributed by atoms with van der Waals surface area (Å²) in [5.74, 6) is -0.700. The number of phenols is 1. The molecule has 0 fully saturated rings. The zero-order chi connectivity index (χ0) is 20.2. The minimum Gasteiger partial charge on any atom is -0.507 e. The molecule has 2 aromatic rings. The second-order valence-corrected chi connectivity index (χ2v) is 5.53. The minimum atomic E-state index is -2.01. The second-order valence-electron chi connectivity index (χ2n) is 5.53. The van der Waals surface area contributed by atoms with Gasteiger partial charge in [-0.15, -0.1) is 10.2 Å². The zero-order valence-corrected chi connectivity index (χ0v) is 14.5. The Labute approximate surface area is 159 Å². The summed E-state index contributed by atoms with van der Waals surface area (Å²) in [4.78, 5) is 0. The van der Waals surface area contributed by atoms with Gasteiger partial charge in [0.2, 0.25) is 0 Å². The van der Waals surface area contributed by atoms with Crippen LogP contribution >= 0.6 is 0 Å². The fourth-order valence-corrected chi connectivity index (χ4v) is 2.20. The lowest BCUT2D eigenvalue weighted by Crippen LogP contribution is -2.35. The number of aromatic hydroxyl groups is 1. The fraction of sp³-hybridized carbons (Fsp3) is 0.125. The predicted molar refractivity (Wildman–Crippen MR) is 104 cm³/mol. The molecule has 132 valence electrons. The number of benzene rings is 1. The van der Waals surface area contributed by atoms with Gasteiger partial charge in [0, 0.05) is 36.0 Å². The van der Waals surface area contributed by atoms with Crippen molar-refractivity contribution in [2.24, 2.45) is 11.5 Å². The molecule has 0 unspecified atom stereocenters. The van der Waals surface area contributed by atoms with Crippen molar-refractivity contribution >= 4 is 34.9 Å². The quantitative estimate of drug-likeness (QED) is 0.331. The van der Waals surface area contributed by atoms with Crippen LogP contribution in [0.25, 0.3) is 16.8 Å².